The number of benzene rings is 1. The molecule has 0 saturated carbocycles. The first-order valence-corrected chi connectivity index (χ1v) is 4.79. The average molecular weight is 258 g/mol. The lowest BCUT2D eigenvalue weighted by atomic mass is 10.2. The minimum absolute atomic E-state index is 0.317. The van der Waals surface area contributed by atoms with Gasteiger partial charge in [-0.2, -0.15) is 0 Å². The van der Waals surface area contributed by atoms with Gasteiger partial charge in [0.2, 0.25) is 0 Å². The van der Waals surface area contributed by atoms with Crippen LogP contribution < -0.4 is 0 Å². The molecule has 1 heterocycles. The molecule has 4 heteroatoms. The summed E-state index contributed by atoms with van der Waals surface area (Å²) in [5.74, 6) is -1.21. The third-order valence-electron chi connectivity index (χ3n) is 1.91. The van der Waals surface area contributed by atoms with Gasteiger partial charge in [-0.1, -0.05) is 0 Å². The van der Waals surface area contributed by atoms with E-state index in [4.69, 9.17) is 0 Å². The molecule has 0 saturated heterocycles. The Kier molecular flexibility index (Phi) is 2.23. The third-order valence-corrected chi connectivity index (χ3v) is 2.53. The van der Waals surface area contributed by atoms with Crippen molar-refractivity contribution >= 4 is 26.8 Å². The largest absolute Gasteiger partial charge is 0.253 e. The highest BCUT2D eigenvalue weighted by Crippen LogP contribution is 2.26. The zero-order chi connectivity index (χ0) is 10.3. The van der Waals surface area contributed by atoms with Gasteiger partial charge in [0.1, 0.15) is 11.6 Å². The highest BCUT2D eigenvalue weighted by Gasteiger charge is 2.08. The van der Waals surface area contributed by atoms with E-state index in [1.807, 2.05) is 0 Å². The van der Waals surface area contributed by atoms with Gasteiger partial charge in [0.25, 0.3) is 0 Å². The number of fused-ring (bicyclic) bond motifs is 1. The summed E-state index contributed by atoms with van der Waals surface area (Å²) in [5, 5.41) is 0.317. The molecule has 2 aromatic rings. The Labute approximate surface area is 87.9 Å². The number of hydrogen-bond acceptors (Lipinski definition) is 1. The molecule has 1 aromatic carbocycles. The second-order valence-corrected chi connectivity index (χ2v) is 3.88. The summed E-state index contributed by atoms with van der Waals surface area (Å²) < 4.78 is 26.8. The highest BCUT2D eigenvalue weighted by atomic mass is 79.9. The minimum Gasteiger partial charge on any atom is -0.253 e. The molecule has 0 unspecified atom stereocenters. The molecule has 0 aliphatic rings. The quantitative estimate of drug-likeness (QED) is 0.703. The molecule has 0 amide bonds. The molecule has 1 aromatic heterocycles. The van der Waals surface area contributed by atoms with Crippen molar-refractivity contribution in [2.24, 2.45) is 0 Å². The monoisotopic (exact) mass is 257 g/mol. The van der Waals surface area contributed by atoms with Crippen LogP contribution in [0.15, 0.2) is 22.7 Å². The summed E-state index contributed by atoms with van der Waals surface area (Å²) >= 11 is 3.22. The van der Waals surface area contributed by atoms with Crippen molar-refractivity contribution in [3.05, 3.63) is 40.0 Å². The van der Waals surface area contributed by atoms with Crippen LogP contribution in [0.1, 0.15) is 5.69 Å². The Morgan fingerprint density at radius 1 is 1.21 bits per heavy atom. The Hall–Kier alpha value is -1.03. The number of pyridine rings is 1. The zero-order valence-corrected chi connectivity index (χ0v) is 8.90. The third kappa shape index (κ3) is 1.50. The lowest BCUT2D eigenvalue weighted by Crippen LogP contribution is -1.90. The van der Waals surface area contributed by atoms with Gasteiger partial charge in [-0.15, -0.1) is 0 Å². The molecule has 0 aliphatic carbocycles. The van der Waals surface area contributed by atoms with Crippen molar-refractivity contribution in [2.75, 3.05) is 0 Å². The van der Waals surface area contributed by atoms with Crippen LogP contribution in [0.4, 0.5) is 8.78 Å². The van der Waals surface area contributed by atoms with Crippen LogP contribution in [0.3, 0.4) is 0 Å². The summed E-state index contributed by atoms with van der Waals surface area (Å²) in [5.41, 5.74) is 1.05. The number of hydrogen-bond donors (Lipinski definition) is 0. The predicted octanol–water partition coefficient (Wildman–Crippen LogP) is 3.58. The smallest absolute Gasteiger partial charge is 0.136 e. The van der Waals surface area contributed by atoms with Crippen molar-refractivity contribution in [1.29, 1.82) is 0 Å². The topological polar surface area (TPSA) is 12.9 Å². The van der Waals surface area contributed by atoms with Crippen molar-refractivity contribution in [1.82, 2.24) is 4.98 Å². The number of aromatic nitrogens is 1. The van der Waals surface area contributed by atoms with Crippen molar-refractivity contribution in [2.45, 2.75) is 6.92 Å². The van der Waals surface area contributed by atoms with Gasteiger partial charge in [0.05, 0.1) is 10.9 Å². The van der Waals surface area contributed by atoms with Gasteiger partial charge in [-0.05, 0) is 28.9 Å². The van der Waals surface area contributed by atoms with Gasteiger partial charge >= 0.3 is 0 Å². The summed E-state index contributed by atoms with van der Waals surface area (Å²) in [4.78, 5) is 4.05. The first-order valence-electron chi connectivity index (χ1n) is 4.00. The molecule has 0 radical (unpaired) electrons. The van der Waals surface area contributed by atoms with Crippen LogP contribution in [0.2, 0.25) is 0 Å². The van der Waals surface area contributed by atoms with E-state index in [0.717, 1.165) is 11.8 Å². The van der Waals surface area contributed by atoms with Crippen molar-refractivity contribution in [3.8, 4) is 0 Å². The molecule has 0 N–H and O–H groups in total. The van der Waals surface area contributed by atoms with Crippen molar-refractivity contribution in [3.63, 3.8) is 0 Å². The Bertz CT molecular complexity index is 468. The van der Waals surface area contributed by atoms with E-state index in [-0.39, 0.29) is 0 Å². The standard InChI is InChI=1S/C10H6BrF2N/c1-5-2-7(11)10-8(13)3-6(12)4-9(10)14-5/h2-4H,1H3. The Balaban J connectivity index is 2.94. The average Bonchev–Trinajstić information content (AvgIpc) is 1.99. The van der Waals surface area contributed by atoms with E-state index in [1.54, 1.807) is 13.0 Å². The van der Waals surface area contributed by atoms with E-state index in [0.29, 0.717) is 15.4 Å². The van der Waals surface area contributed by atoms with Crippen LogP contribution in [0, 0.1) is 18.6 Å². The second kappa shape index (κ2) is 3.28. The van der Waals surface area contributed by atoms with Crippen LogP contribution in [0.5, 0.6) is 0 Å². The van der Waals surface area contributed by atoms with Crippen LogP contribution in [-0.4, -0.2) is 4.98 Å². The number of nitrogens with zero attached hydrogens (tertiary/aromatic N) is 1. The molecular weight excluding hydrogens is 252 g/mol. The lowest BCUT2D eigenvalue weighted by molar-refractivity contribution is 0.591. The SMILES string of the molecule is Cc1cc(Br)c2c(F)cc(F)cc2n1. The van der Waals surface area contributed by atoms with Crippen LogP contribution in [-0.2, 0) is 0 Å². The molecule has 14 heavy (non-hydrogen) atoms. The number of rotatable bonds is 0. The zero-order valence-electron chi connectivity index (χ0n) is 7.31. The maximum absolute atomic E-state index is 13.3. The summed E-state index contributed by atoms with van der Waals surface area (Å²) in [6.07, 6.45) is 0. The lowest BCUT2D eigenvalue weighted by Gasteiger charge is -2.03. The molecule has 2 rings (SSSR count). The maximum atomic E-state index is 13.3. The van der Waals surface area contributed by atoms with Crippen LogP contribution in [0.25, 0.3) is 10.9 Å². The summed E-state index contributed by atoms with van der Waals surface area (Å²) in [6, 6.07) is 3.77. The van der Waals surface area contributed by atoms with Gasteiger partial charge in [-0.25, -0.2) is 8.78 Å². The van der Waals surface area contributed by atoms with Gasteiger partial charge in [-0.3, -0.25) is 4.98 Å². The van der Waals surface area contributed by atoms with Gasteiger partial charge in [0.15, 0.2) is 0 Å². The molecule has 0 aliphatic heterocycles. The summed E-state index contributed by atoms with van der Waals surface area (Å²) in [6.45, 7) is 1.77. The fraction of sp³-hybridized carbons (Fsp3) is 0.100. The van der Waals surface area contributed by atoms with E-state index in [2.05, 4.69) is 20.9 Å². The van der Waals surface area contributed by atoms with Gasteiger partial charge in [0, 0.05) is 22.3 Å². The molecular formula is C10H6BrF2N. The normalized spacial score (nSPS) is 10.9. The fourth-order valence-electron chi connectivity index (χ4n) is 1.36. The molecule has 0 bridgehead atoms. The maximum Gasteiger partial charge on any atom is 0.136 e. The van der Waals surface area contributed by atoms with Crippen LogP contribution >= 0.6 is 15.9 Å². The van der Waals surface area contributed by atoms with Crippen molar-refractivity contribution < 1.29 is 8.78 Å². The van der Waals surface area contributed by atoms with E-state index >= 15 is 0 Å². The van der Waals surface area contributed by atoms with E-state index in [1.165, 1.54) is 6.07 Å². The first kappa shape index (κ1) is 9.52. The molecule has 1 nitrogen and oxygen atoms in total. The first-order chi connectivity index (χ1) is 6.58. The Morgan fingerprint density at radius 2 is 1.93 bits per heavy atom. The Morgan fingerprint density at radius 3 is 2.64 bits per heavy atom. The van der Waals surface area contributed by atoms with E-state index < -0.39 is 11.6 Å². The minimum atomic E-state index is -0.611. The fourth-order valence-corrected chi connectivity index (χ4v) is 2.09. The van der Waals surface area contributed by atoms with E-state index in [9.17, 15) is 8.78 Å². The van der Waals surface area contributed by atoms with Gasteiger partial charge < -0.3 is 0 Å². The second-order valence-electron chi connectivity index (χ2n) is 3.03. The predicted molar refractivity (Wildman–Crippen MR) is 54.1 cm³/mol. The highest BCUT2D eigenvalue weighted by molar-refractivity contribution is 9.10. The molecule has 0 atom stereocenters. The number of aryl methyl sites for hydroxylation is 1. The molecule has 72 valence electrons. The summed E-state index contributed by atoms with van der Waals surface area (Å²) in [7, 11) is 0. The molecule has 0 fully saturated rings. The number of halogens is 3. The molecule has 0 spiro atoms.